The van der Waals surface area contributed by atoms with Gasteiger partial charge in [-0.25, -0.2) is 4.98 Å². The molecule has 1 aliphatic rings. The third kappa shape index (κ3) is 3.07. The van der Waals surface area contributed by atoms with Crippen molar-refractivity contribution in [3.63, 3.8) is 0 Å². The molecular weight excluding hydrogens is 326 g/mol. The van der Waals surface area contributed by atoms with Gasteiger partial charge in [0.05, 0.1) is 18.7 Å². The van der Waals surface area contributed by atoms with Crippen LogP contribution in [-0.2, 0) is 13.0 Å². The van der Waals surface area contributed by atoms with E-state index in [2.05, 4.69) is 56.5 Å². The van der Waals surface area contributed by atoms with E-state index in [1.807, 2.05) is 13.1 Å². The zero-order valence-electron chi connectivity index (χ0n) is 15.4. The third-order valence-corrected chi connectivity index (χ3v) is 4.79. The lowest BCUT2D eigenvalue weighted by molar-refractivity contribution is 0.353. The number of rotatable bonds is 7. The molecule has 2 aromatic heterocycles. The first-order valence-electron chi connectivity index (χ1n) is 9.32. The van der Waals surface area contributed by atoms with E-state index in [9.17, 15) is 0 Å². The Kier molecular flexibility index (Phi) is 4.65. The van der Waals surface area contributed by atoms with Crippen molar-refractivity contribution in [2.24, 2.45) is 0 Å². The monoisotopic (exact) mass is 351 g/mol. The van der Waals surface area contributed by atoms with Gasteiger partial charge in [-0.3, -0.25) is 0 Å². The van der Waals surface area contributed by atoms with E-state index in [1.54, 1.807) is 0 Å². The maximum absolute atomic E-state index is 5.87. The second-order valence-electron chi connectivity index (χ2n) is 6.61. The van der Waals surface area contributed by atoms with Crippen LogP contribution >= 0.6 is 0 Å². The Hall–Kier alpha value is -2.76. The number of unbranched alkanes of at least 4 members (excludes halogenated alkanes) is 1. The summed E-state index contributed by atoms with van der Waals surface area (Å²) < 4.78 is 8.08. The minimum atomic E-state index is 0.637. The second kappa shape index (κ2) is 7.23. The molecule has 0 aliphatic carbocycles. The van der Waals surface area contributed by atoms with Gasteiger partial charge >= 0.3 is 0 Å². The van der Waals surface area contributed by atoms with Crippen LogP contribution in [0, 0.1) is 0 Å². The van der Waals surface area contributed by atoms with Crippen LogP contribution < -0.4 is 15.4 Å². The molecule has 6 heteroatoms. The molecule has 0 unspecified atom stereocenters. The Morgan fingerprint density at radius 1 is 1.23 bits per heavy atom. The average Bonchev–Trinajstić information content (AvgIpc) is 3.29. The predicted molar refractivity (Wildman–Crippen MR) is 105 cm³/mol. The van der Waals surface area contributed by atoms with Crippen LogP contribution in [0.2, 0.25) is 0 Å². The van der Waals surface area contributed by atoms with E-state index in [0.29, 0.717) is 5.95 Å². The summed E-state index contributed by atoms with van der Waals surface area (Å²) in [5, 5.41) is 6.54. The summed E-state index contributed by atoms with van der Waals surface area (Å²) in [4.78, 5) is 9.26. The van der Waals surface area contributed by atoms with Crippen LogP contribution in [-0.4, -0.2) is 34.7 Å². The highest BCUT2D eigenvalue weighted by Crippen LogP contribution is 2.31. The van der Waals surface area contributed by atoms with Gasteiger partial charge in [0.25, 0.3) is 0 Å². The Labute approximate surface area is 153 Å². The molecule has 1 aliphatic heterocycles. The van der Waals surface area contributed by atoms with Crippen molar-refractivity contribution in [2.45, 2.75) is 32.7 Å². The van der Waals surface area contributed by atoms with E-state index in [0.717, 1.165) is 61.6 Å². The summed E-state index contributed by atoms with van der Waals surface area (Å²) in [6, 6.07) is 8.46. The molecular formula is C20H25N5O. The molecule has 0 atom stereocenters. The lowest BCUT2D eigenvalue weighted by atomic mass is 10.1. The molecule has 3 aromatic rings. The van der Waals surface area contributed by atoms with Gasteiger partial charge in [0, 0.05) is 31.8 Å². The zero-order valence-corrected chi connectivity index (χ0v) is 15.4. The number of nitrogens with zero attached hydrogens (tertiary/aromatic N) is 3. The molecule has 1 aromatic carbocycles. The molecule has 0 fully saturated rings. The molecule has 3 heterocycles. The highest BCUT2D eigenvalue weighted by molar-refractivity contribution is 5.87. The number of aromatic nitrogens is 3. The van der Waals surface area contributed by atoms with Gasteiger partial charge < -0.3 is 19.9 Å². The SMILES string of the molecule is CCCCNc1nc(NC)nc2ccn(Cc3cccc4c3OCC4)c12. The van der Waals surface area contributed by atoms with Gasteiger partial charge in [-0.15, -0.1) is 0 Å². The van der Waals surface area contributed by atoms with Crippen LogP contribution in [0.25, 0.3) is 11.0 Å². The van der Waals surface area contributed by atoms with Crippen molar-refractivity contribution in [2.75, 3.05) is 30.8 Å². The zero-order chi connectivity index (χ0) is 17.9. The van der Waals surface area contributed by atoms with E-state index >= 15 is 0 Å². The third-order valence-electron chi connectivity index (χ3n) is 4.79. The molecule has 0 bridgehead atoms. The van der Waals surface area contributed by atoms with Gasteiger partial charge in [0.1, 0.15) is 11.3 Å². The fourth-order valence-corrected chi connectivity index (χ4v) is 3.45. The summed E-state index contributed by atoms with van der Waals surface area (Å²) in [6.07, 6.45) is 5.34. The normalized spacial score (nSPS) is 12.8. The number of anilines is 2. The molecule has 136 valence electrons. The van der Waals surface area contributed by atoms with E-state index in [-0.39, 0.29) is 0 Å². The van der Waals surface area contributed by atoms with Crippen LogP contribution in [0.1, 0.15) is 30.9 Å². The lowest BCUT2D eigenvalue weighted by Crippen LogP contribution is -2.09. The lowest BCUT2D eigenvalue weighted by Gasteiger charge is -2.13. The van der Waals surface area contributed by atoms with Crippen molar-refractivity contribution in [1.82, 2.24) is 14.5 Å². The highest BCUT2D eigenvalue weighted by atomic mass is 16.5. The van der Waals surface area contributed by atoms with Crippen molar-refractivity contribution in [3.05, 3.63) is 41.6 Å². The topological polar surface area (TPSA) is 64.0 Å². The first kappa shape index (κ1) is 16.7. The summed E-state index contributed by atoms with van der Waals surface area (Å²) in [5.41, 5.74) is 4.48. The minimum Gasteiger partial charge on any atom is -0.493 e. The fourth-order valence-electron chi connectivity index (χ4n) is 3.45. The smallest absolute Gasteiger partial charge is 0.225 e. The van der Waals surface area contributed by atoms with Crippen molar-refractivity contribution < 1.29 is 4.74 Å². The maximum atomic E-state index is 5.87. The molecule has 6 nitrogen and oxygen atoms in total. The van der Waals surface area contributed by atoms with Crippen LogP contribution in [0.3, 0.4) is 0 Å². The average molecular weight is 351 g/mol. The summed E-state index contributed by atoms with van der Waals surface area (Å²) in [6.45, 7) is 4.62. The number of para-hydroxylation sites is 1. The summed E-state index contributed by atoms with van der Waals surface area (Å²) in [7, 11) is 1.85. The standard InChI is InChI=1S/C20H25N5O/c1-3-4-10-22-19-17-16(23-20(21-2)24-19)8-11-25(17)13-15-7-5-6-14-9-12-26-18(14)15/h5-8,11H,3-4,9-10,12-13H2,1-2H3,(H2,21,22,23,24). The van der Waals surface area contributed by atoms with Crippen LogP contribution in [0.5, 0.6) is 5.75 Å². The number of fused-ring (bicyclic) bond motifs is 2. The largest absolute Gasteiger partial charge is 0.493 e. The Morgan fingerprint density at radius 3 is 3.00 bits per heavy atom. The quantitative estimate of drug-likeness (QED) is 0.636. The van der Waals surface area contributed by atoms with Crippen LogP contribution in [0.4, 0.5) is 11.8 Å². The van der Waals surface area contributed by atoms with E-state index in [1.165, 1.54) is 11.1 Å². The molecule has 0 saturated heterocycles. The molecule has 0 saturated carbocycles. The Morgan fingerprint density at radius 2 is 2.15 bits per heavy atom. The molecule has 0 spiro atoms. The summed E-state index contributed by atoms with van der Waals surface area (Å²) in [5.74, 6) is 2.56. The molecule has 26 heavy (non-hydrogen) atoms. The van der Waals surface area contributed by atoms with Gasteiger partial charge in [0.15, 0.2) is 5.82 Å². The molecule has 0 amide bonds. The summed E-state index contributed by atoms with van der Waals surface area (Å²) >= 11 is 0. The van der Waals surface area contributed by atoms with Gasteiger partial charge in [-0.05, 0) is 18.1 Å². The number of nitrogens with one attached hydrogen (secondary N) is 2. The Balaban J connectivity index is 1.72. The van der Waals surface area contributed by atoms with Crippen molar-refractivity contribution >= 4 is 22.8 Å². The van der Waals surface area contributed by atoms with Gasteiger partial charge in [-0.1, -0.05) is 31.5 Å². The molecule has 2 N–H and O–H groups in total. The highest BCUT2D eigenvalue weighted by Gasteiger charge is 2.18. The van der Waals surface area contributed by atoms with Crippen LogP contribution in [0.15, 0.2) is 30.5 Å². The minimum absolute atomic E-state index is 0.637. The number of ether oxygens (including phenoxy) is 1. The second-order valence-corrected chi connectivity index (χ2v) is 6.61. The molecule has 0 radical (unpaired) electrons. The first-order valence-corrected chi connectivity index (χ1v) is 9.32. The predicted octanol–water partition coefficient (Wildman–Crippen LogP) is 3.67. The number of benzene rings is 1. The number of hydrogen-bond acceptors (Lipinski definition) is 5. The maximum Gasteiger partial charge on any atom is 0.225 e. The first-order chi connectivity index (χ1) is 12.8. The van der Waals surface area contributed by atoms with E-state index < -0.39 is 0 Å². The van der Waals surface area contributed by atoms with E-state index in [4.69, 9.17) is 4.74 Å². The van der Waals surface area contributed by atoms with Crippen molar-refractivity contribution in [1.29, 1.82) is 0 Å². The fraction of sp³-hybridized carbons (Fsp3) is 0.400. The Bertz CT molecular complexity index is 918. The number of hydrogen-bond donors (Lipinski definition) is 2. The van der Waals surface area contributed by atoms with Crippen molar-refractivity contribution in [3.8, 4) is 5.75 Å². The molecule has 4 rings (SSSR count). The van der Waals surface area contributed by atoms with Gasteiger partial charge in [0.2, 0.25) is 5.95 Å². The van der Waals surface area contributed by atoms with Gasteiger partial charge in [-0.2, -0.15) is 4.98 Å².